The highest BCUT2D eigenvalue weighted by molar-refractivity contribution is 8.23. The third-order valence-electron chi connectivity index (χ3n) is 4.91. The fourth-order valence-electron chi connectivity index (χ4n) is 3.42. The number of fused-ring (bicyclic) bond motifs is 2. The van der Waals surface area contributed by atoms with E-state index in [4.69, 9.17) is 12.2 Å². The SMILES string of the molecule is CN1C(=S)SC2CC3(C)[B]C3(C)CCC21. The van der Waals surface area contributed by atoms with Gasteiger partial charge >= 0.3 is 0 Å². The van der Waals surface area contributed by atoms with Crippen LogP contribution in [0.4, 0.5) is 0 Å². The van der Waals surface area contributed by atoms with Crippen LogP contribution in [0.3, 0.4) is 0 Å². The number of nitrogens with zero attached hydrogens (tertiary/aromatic N) is 1. The molecule has 15 heavy (non-hydrogen) atoms. The van der Waals surface area contributed by atoms with Crippen molar-refractivity contribution in [2.75, 3.05) is 7.05 Å². The van der Waals surface area contributed by atoms with Crippen molar-refractivity contribution in [1.29, 1.82) is 0 Å². The van der Waals surface area contributed by atoms with Gasteiger partial charge in [-0.25, -0.2) is 0 Å². The zero-order valence-corrected chi connectivity index (χ0v) is 11.3. The van der Waals surface area contributed by atoms with Gasteiger partial charge in [0, 0.05) is 18.3 Å². The third kappa shape index (κ3) is 1.33. The number of hydrogen-bond acceptors (Lipinski definition) is 2. The van der Waals surface area contributed by atoms with Crippen LogP contribution >= 0.6 is 24.0 Å². The second kappa shape index (κ2) is 2.95. The molecule has 1 radical (unpaired) electrons. The first kappa shape index (κ1) is 10.5. The molecule has 0 aromatic rings. The summed E-state index contributed by atoms with van der Waals surface area (Å²) in [6, 6.07) is 0.706. The van der Waals surface area contributed by atoms with Gasteiger partial charge in [0.15, 0.2) is 0 Å². The Morgan fingerprint density at radius 3 is 2.93 bits per heavy atom. The van der Waals surface area contributed by atoms with E-state index in [0.717, 1.165) is 9.57 Å². The summed E-state index contributed by atoms with van der Waals surface area (Å²) in [6.45, 7) is 4.86. The Morgan fingerprint density at radius 1 is 1.47 bits per heavy atom. The van der Waals surface area contributed by atoms with Crippen LogP contribution in [0.1, 0.15) is 33.1 Å². The van der Waals surface area contributed by atoms with Crippen LogP contribution in [-0.2, 0) is 0 Å². The molecule has 0 aromatic carbocycles. The van der Waals surface area contributed by atoms with Gasteiger partial charge in [0.1, 0.15) is 11.6 Å². The molecule has 81 valence electrons. The largest absolute Gasteiger partial charge is 0.356 e. The molecule has 4 unspecified atom stereocenters. The molecule has 1 nitrogen and oxygen atoms in total. The summed E-state index contributed by atoms with van der Waals surface area (Å²) >= 11 is 7.33. The molecule has 0 aromatic heterocycles. The molecule has 1 aliphatic carbocycles. The fraction of sp³-hybridized carbons (Fsp3) is 0.909. The van der Waals surface area contributed by atoms with E-state index in [-0.39, 0.29) is 0 Å². The average Bonchev–Trinajstić information content (AvgIpc) is 2.58. The van der Waals surface area contributed by atoms with E-state index in [1.54, 1.807) is 0 Å². The van der Waals surface area contributed by atoms with E-state index in [1.165, 1.54) is 19.3 Å². The van der Waals surface area contributed by atoms with E-state index in [0.29, 0.717) is 16.7 Å². The van der Waals surface area contributed by atoms with E-state index >= 15 is 0 Å². The lowest BCUT2D eigenvalue weighted by Gasteiger charge is -2.23. The maximum absolute atomic E-state index is 5.40. The molecule has 0 spiro atoms. The molecule has 2 aliphatic heterocycles. The standard InChI is InChI=1S/C11H17BNS2/c1-10-5-4-7-8(6-11(10,2)12-10)15-9(14)13(7)3/h7-8H,4-6H2,1-3H3. The van der Waals surface area contributed by atoms with Crippen molar-refractivity contribution in [1.82, 2.24) is 4.90 Å². The quantitative estimate of drug-likeness (QED) is 0.472. The van der Waals surface area contributed by atoms with Crippen molar-refractivity contribution in [3.63, 3.8) is 0 Å². The minimum atomic E-state index is 0.500. The van der Waals surface area contributed by atoms with Gasteiger partial charge in [0.05, 0.1) is 0 Å². The van der Waals surface area contributed by atoms with Gasteiger partial charge in [0.2, 0.25) is 0 Å². The van der Waals surface area contributed by atoms with Crippen molar-refractivity contribution >= 4 is 35.6 Å². The van der Waals surface area contributed by atoms with Gasteiger partial charge in [-0.1, -0.05) is 54.9 Å². The van der Waals surface area contributed by atoms with Crippen molar-refractivity contribution in [2.24, 2.45) is 0 Å². The molecule has 0 amide bonds. The van der Waals surface area contributed by atoms with Crippen LogP contribution in [0.5, 0.6) is 0 Å². The molecule has 3 fully saturated rings. The topological polar surface area (TPSA) is 3.24 Å². The van der Waals surface area contributed by atoms with Crippen LogP contribution in [0, 0.1) is 0 Å². The number of hydrogen-bond donors (Lipinski definition) is 0. The zero-order valence-electron chi connectivity index (χ0n) is 9.62. The first-order chi connectivity index (χ1) is 6.95. The monoisotopic (exact) mass is 238 g/mol. The Hall–Kier alpha value is 0.305. The maximum atomic E-state index is 5.40. The highest BCUT2D eigenvalue weighted by Crippen LogP contribution is 2.75. The second-order valence-electron chi connectivity index (χ2n) is 5.82. The molecule has 2 heterocycles. The van der Waals surface area contributed by atoms with Crippen LogP contribution in [-0.4, -0.2) is 34.8 Å². The highest BCUT2D eigenvalue weighted by Gasteiger charge is 2.64. The zero-order chi connectivity index (χ0) is 10.8. The first-order valence-corrected chi connectivity index (χ1v) is 7.05. The van der Waals surface area contributed by atoms with Gasteiger partial charge in [0.25, 0.3) is 0 Å². The highest BCUT2D eigenvalue weighted by atomic mass is 32.2. The van der Waals surface area contributed by atoms with Crippen LogP contribution in [0.2, 0.25) is 10.6 Å². The minimum Gasteiger partial charge on any atom is -0.356 e. The second-order valence-corrected chi connectivity index (χ2v) is 7.70. The van der Waals surface area contributed by atoms with Gasteiger partial charge in [-0.3, -0.25) is 0 Å². The Balaban J connectivity index is 1.85. The molecule has 4 atom stereocenters. The van der Waals surface area contributed by atoms with Gasteiger partial charge in [-0.05, 0) is 12.8 Å². The summed E-state index contributed by atoms with van der Waals surface area (Å²) < 4.78 is 1.11. The summed E-state index contributed by atoms with van der Waals surface area (Å²) in [5, 5.41) is 1.77. The smallest absolute Gasteiger partial charge is 0.136 e. The Bertz CT molecular complexity index is 335. The molecule has 1 saturated carbocycles. The van der Waals surface area contributed by atoms with Crippen molar-refractivity contribution in [3.8, 4) is 0 Å². The van der Waals surface area contributed by atoms with E-state index in [1.807, 2.05) is 11.8 Å². The molecule has 3 aliphatic rings. The summed E-state index contributed by atoms with van der Waals surface area (Å²) in [7, 11) is 4.74. The van der Waals surface area contributed by atoms with Crippen molar-refractivity contribution < 1.29 is 0 Å². The summed E-state index contributed by atoms with van der Waals surface area (Å²) in [4.78, 5) is 2.34. The number of thiocarbonyl (C=S) groups is 1. The number of thioether (sulfide) groups is 1. The van der Waals surface area contributed by atoms with Crippen LogP contribution in [0.25, 0.3) is 0 Å². The molecular formula is C11H17BNS2. The lowest BCUT2D eigenvalue weighted by molar-refractivity contribution is 0.355. The maximum Gasteiger partial charge on any atom is 0.136 e. The van der Waals surface area contributed by atoms with Gasteiger partial charge < -0.3 is 4.90 Å². The third-order valence-corrected chi connectivity index (χ3v) is 6.76. The Morgan fingerprint density at radius 2 is 2.20 bits per heavy atom. The summed E-state index contributed by atoms with van der Waals surface area (Å²) in [5.41, 5.74) is 0. The molecule has 2 saturated heterocycles. The van der Waals surface area contributed by atoms with Crippen molar-refractivity contribution in [3.05, 3.63) is 0 Å². The predicted octanol–water partition coefficient (Wildman–Crippen LogP) is 2.95. The number of rotatable bonds is 0. The minimum absolute atomic E-state index is 0.500. The lowest BCUT2D eigenvalue weighted by atomic mass is 9.81. The molecular weight excluding hydrogens is 221 g/mol. The molecule has 0 N–H and O–H groups in total. The average molecular weight is 238 g/mol. The van der Waals surface area contributed by atoms with Gasteiger partial charge in [-0.2, -0.15) is 0 Å². The van der Waals surface area contributed by atoms with Gasteiger partial charge in [-0.15, -0.1) is 0 Å². The van der Waals surface area contributed by atoms with Crippen molar-refractivity contribution in [2.45, 2.75) is 55.0 Å². The van der Waals surface area contributed by atoms with Crippen LogP contribution in [0.15, 0.2) is 0 Å². The summed E-state index contributed by atoms with van der Waals surface area (Å²) in [5.74, 6) is 0. The Labute approximate surface area is 103 Å². The van der Waals surface area contributed by atoms with Crippen LogP contribution < -0.4 is 0 Å². The summed E-state index contributed by atoms with van der Waals surface area (Å²) in [6.07, 6.45) is 3.98. The lowest BCUT2D eigenvalue weighted by Crippen LogP contribution is -2.33. The van der Waals surface area contributed by atoms with E-state index in [2.05, 4.69) is 33.1 Å². The normalized spacial score (nSPS) is 53.0. The Kier molecular flexibility index (Phi) is 2.06. The first-order valence-electron chi connectivity index (χ1n) is 5.76. The van der Waals surface area contributed by atoms with E-state index in [9.17, 15) is 0 Å². The predicted molar refractivity (Wildman–Crippen MR) is 71.9 cm³/mol. The molecule has 3 rings (SSSR count). The molecule has 4 heteroatoms. The van der Waals surface area contributed by atoms with E-state index < -0.39 is 0 Å². The molecule has 0 bridgehead atoms. The fourth-order valence-corrected chi connectivity index (χ4v) is 5.39.